The second-order valence-electron chi connectivity index (χ2n) is 9.81. The zero-order valence-electron chi connectivity index (χ0n) is 21.7. The second kappa shape index (κ2) is 10.7. The molecule has 0 N–H and O–H groups in total. The van der Waals surface area contributed by atoms with Gasteiger partial charge in [-0.3, -0.25) is 4.90 Å². The Balaban J connectivity index is 1.61. The zero-order valence-corrected chi connectivity index (χ0v) is 21.7. The molecular weight excluding hydrogens is 463 g/mol. The molecule has 0 saturated carbocycles. The van der Waals surface area contributed by atoms with Gasteiger partial charge in [-0.25, -0.2) is 4.39 Å². The SMILES string of the molecule is COCOc1cc(-c2cnnc(OC)c2)c(F)cc1-c1ccc(N2CC[C@@H](N(C)C(C)(C)C)C2)nn1. The Kier molecular flexibility index (Phi) is 7.65. The van der Waals surface area contributed by atoms with E-state index in [0.29, 0.717) is 34.2 Å². The van der Waals surface area contributed by atoms with Gasteiger partial charge in [-0.15, -0.1) is 15.3 Å². The van der Waals surface area contributed by atoms with Crippen molar-refractivity contribution in [3.05, 3.63) is 42.3 Å². The second-order valence-corrected chi connectivity index (χ2v) is 9.81. The van der Waals surface area contributed by atoms with Crippen LogP contribution in [0.5, 0.6) is 11.6 Å². The van der Waals surface area contributed by atoms with Gasteiger partial charge in [0.15, 0.2) is 12.6 Å². The fourth-order valence-electron chi connectivity index (χ4n) is 4.26. The van der Waals surface area contributed by atoms with Crippen LogP contribution in [-0.2, 0) is 4.74 Å². The minimum absolute atomic E-state index is 0.00202. The number of rotatable bonds is 8. The first-order valence-corrected chi connectivity index (χ1v) is 11.9. The lowest BCUT2D eigenvalue weighted by atomic mass is 10.0. The lowest BCUT2D eigenvalue weighted by Gasteiger charge is -2.36. The molecule has 1 aliphatic rings. The van der Waals surface area contributed by atoms with E-state index in [0.717, 1.165) is 25.3 Å². The van der Waals surface area contributed by atoms with E-state index in [4.69, 9.17) is 14.2 Å². The molecule has 0 amide bonds. The van der Waals surface area contributed by atoms with Gasteiger partial charge in [-0.05, 0) is 58.5 Å². The summed E-state index contributed by atoms with van der Waals surface area (Å²) in [5.41, 5.74) is 1.89. The average molecular weight is 497 g/mol. The van der Waals surface area contributed by atoms with Gasteiger partial charge >= 0.3 is 0 Å². The normalized spacial score (nSPS) is 16.0. The lowest BCUT2D eigenvalue weighted by Crippen LogP contribution is -2.46. The molecule has 1 fully saturated rings. The summed E-state index contributed by atoms with van der Waals surface area (Å²) in [6.45, 7) is 8.46. The molecule has 3 aromatic rings. The fourth-order valence-corrected chi connectivity index (χ4v) is 4.26. The molecule has 0 spiro atoms. The number of hydrogen-bond acceptors (Lipinski definition) is 9. The Morgan fingerprint density at radius 1 is 1.08 bits per heavy atom. The van der Waals surface area contributed by atoms with Crippen molar-refractivity contribution in [2.75, 3.05) is 46.0 Å². The third-order valence-corrected chi connectivity index (χ3v) is 6.57. The fraction of sp³-hybridized carbons (Fsp3) is 0.462. The molecule has 10 heteroatoms. The van der Waals surface area contributed by atoms with Crippen molar-refractivity contribution < 1.29 is 18.6 Å². The van der Waals surface area contributed by atoms with E-state index in [-0.39, 0.29) is 18.2 Å². The number of likely N-dealkylation sites (N-methyl/N-ethyl adjacent to an activating group) is 1. The molecule has 1 aliphatic heterocycles. The van der Waals surface area contributed by atoms with Gasteiger partial charge in [-0.2, -0.15) is 5.10 Å². The third-order valence-electron chi connectivity index (χ3n) is 6.57. The molecule has 4 rings (SSSR count). The van der Waals surface area contributed by atoms with Crippen LogP contribution >= 0.6 is 0 Å². The van der Waals surface area contributed by atoms with Gasteiger partial charge < -0.3 is 19.1 Å². The maximum atomic E-state index is 15.3. The highest BCUT2D eigenvalue weighted by Gasteiger charge is 2.32. The van der Waals surface area contributed by atoms with Crippen LogP contribution in [0, 0.1) is 5.82 Å². The van der Waals surface area contributed by atoms with E-state index in [2.05, 4.69) is 58.0 Å². The number of halogens is 1. The number of aromatic nitrogens is 4. The zero-order chi connectivity index (χ0) is 25.9. The Labute approximate surface area is 211 Å². The molecule has 9 nitrogen and oxygen atoms in total. The quantitative estimate of drug-likeness (QED) is 0.429. The van der Waals surface area contributed by atoms with Crippen molar-refractivity contribution in [3.63, 3.8) is 0 Å². The van der Waals surface area contributed by atoms with E-state index >= 15 is 4.39 Å². The number of ether oxygens (including phenoxy) is 3. The summed E-state index contributed by atoms with van der Waals surface area (Å²) in [4.78, 5) is 4.64. The molecule has 3 heterocycles. The van der Waals surface area contributed by atoms with Gasteiger partial charge in [0.1, 0.15) is 11.6 Å². The van der Waals surface area contributed by atoms with Crippen molar-refractivity contribution in [2.45, 2.75) is 38.8 Å². The summed E-state index contributed by atoms with van der Waals surface area (Å²) in [5, 5.41) is 16.6. The largest absolute Gasteiger partial charge is 0.480 e. The minimum Gasteiger partial charge on any atom is -0.480 e. The van der Waals surface area contributed by atoms with Crippen molar-refractivity contribution in [3.8, 4) is 34.0 Å². The van der Waals surface area contributed by atoms with Crippen LogP contribution in [0.2, 0.25) is 0 Å². The summed E-state index contributed by atoms with van der Waals surface area (Å²) in [5.74, 6) is 1.05. The lowest BCUT2D eigenvalue weighted by molar-refractivity contribution is 0.0515. The Morgan fingerprint density at radius 3 is 2.56 bits per heavy atom. The molecule has 1 saturated heterocycles. The number of benzene rings is 1. The first-order chi connectivity index (χ1) is 17.2. The topological polar surface area (TPSA) is 85.7 Å². The van der Waals surface area contributed by atoms with Crippen molar-refractivity contribution in [2.24, 2.45) is 0 Å². The van der Waals surface area contributed by atoms with Gasteiger partial charge in [0.2, 0.25) is 5.88 Å². The van der Waals surface area contributed by atoms with Crippen LogP contribution in [0.15, 0.2) is 36.5 Å². The maximum Gasteiger partial charge on any atom is 0.233 e. The van der Waals surface area contributed by atoms with Crippen molar-refractivity contribution in [1.29, 1.82) is 0 Å². The van der Waals surface area contributed by atoms with Crippen LogP contribution in [0.25, 0.3) is 22.4 Å². The van der Waals surface area contributed by atoms with Crippen molar-refractivity contribution >= 4 is 5.82 Å². The minimum atomic E-state index is -0.455. The van der Waals surface area contributed by atoms with Crippen LogP contribution < -0.4 is 14.4 Å². The predicted molar refractivity (Wildman–Crippen MR) is 136 cm³/mol. The monoisotopic (exact) mass is 496 g/mol. The summed E-state index contributed by atoms with van der Waals surface area (Å²) in [6.07, 6.45) is 2.53. The van der Waals surface area contributed by atoms with Gasteiger partial charge in [0.05, 0.1) is 19.0 Å². The molecule has 0 aliphatic carbocycles. The van der Waals surface area contributed by atoms with Crippen LogP contribution in [0.4, 0.5) is 10.2 Å². The summed E-state index contributed by atoms with van der Waals surface area (Å²) >= 11 is 0. The van der Waals surface area contributed by atoms with Gasteiger partial charge in [0.25, 0.3) is 0 Å². The number of hydrogen-bond donors (Lipinski definition) is 0. The molecule has 192 valence electrons. The maximum absolute atomic E-state index is 15.3. The highest BCUT2D eigenvalue weighted by Crippen LogP contribution is 2.36. The molecule has 0 unspecified atom stereocenters. The summed E-state index contributed by atoms with van der Waals surface area (Å²) in [7, 11) is 5.17. The van der Waals surface area contributed by atoms with Gasteiger partial charge in [-0.1, -0.05) is 0 Å². The van der Waals surface area contributed by atoms with E-state index in [9.17, 15) is 0 Å². The Morgan fingerprint density at radius 2 is 1.89 bits per heavy atom. The molecule has 1 atom stereocenters. The number of anilines is 1. The van der Waals surface area contributed by atoms with Crippen molar-refractivity contribution in [1.82, 2.24) is 25.3 Å². The van der Waals surface area contributed by atoms with Crippen LogP contribution in [0.1, 0.15) is 27.2 Å². The molecule has 2 aromatic heterocycles. The highest BCUT2D eigenvalue weighted by molar-refractivity contribution is 5.75. The molecule has 0 radical (unpaired) electrons. The molecular formula is C26H33FN6O3. The first-order valence-electron chi connectivity index (χ1n) is 11.9. The summed E-state index contributed by atoms with van der Waals surface area (Å²) in [6, 6.07) is 8.81. The Hall–Kier alpha value is -3.37. The van der Waals surface area contributed by atoms with E-state index in [1.165, 1.54) is 26.5 Å². The third kappa shape index (κ3) is 5.55. The first kappa shape index (κ1) is 25.7. The highest BCUT2D eigenvalue weighted by atomic mass is 19.1. The standard InChI is InChI=1S/C26H33FN6O3/c1-26(2,3)32(4)18-9-10-33(15-18)24-8-7-22(29-30-24)20-12-21(27)19(13-23(20)36-16-34-5)17-11-25(35-6)31-28-14-17/h7-8,11-14,18H,9-10,15-16H2,1-6H3/t18-/m1/s1. The summed E-state index contributed by atoms with van der Waals surface area (Å²) < 4.78 is 31.2. The number of methoxy groups -OCH3 is 2. The van der Waals surface area contributed by atoms with Gasteiger partial charge in [0, 0.05) is 54.5 Å². The average Bonchev–Trinajstić information content (AvgIpc) is 3.37. The molecule has 36 heavy (non-hydrogen) atoms. The van der Waals surface area contributed by atoms with Crippen LogP contribution in [0.3, 0.4) is 0 Å². The smallest absolute Gasteiger partial charge is 0.233 e. The predicted octanol–water partition coefficient (Wildman–Crippen LogP) is 4.04. The van der Waals surface area contributed by atoms with E-state index < -0.39 is 5.82 Å². The molecule has 0 bridgehead atoms. The van der Waals surface area contributed by atoms with Crippen LogP contribution in [-0.4, -0.2) is 78.0 Å². The van der Waals surface area contributed by atoms with E-state index in [1.54, 1.807) is 12.1 Å². The number of nitrogens with zero attached hydrogens (tertiary/aromatic N) is 6. The Bertz CT molecular complexity index is 1190. The molecule has 1 aromatic carbocycles. The van der Waals surface area contributed by atoms with E-state index in [1.807, 2.05) is 12.1 Å².